The molecule has 118 valence electrons. The Labute approximate surface area is 138 Å². The van der Waals surface area contributed by atoms with Gasteiger partial charge in [-0.2, -0.15) is 0 Å². The van der Waals surface area contributed by atoms with Crippen LogP contribution in [0.4, 0.5) is 10.5 Å². The topological polar surface area (TPSA) is 60.5 Å². The van der Waals surface area contributed by atoms with Crippen molar-refractivity contribution in [2.75, 3.05) is 12.4 Å². The summed E-state index contributed by atoms with van der Waals surface area (Å²) in [4.78, 5) is 16.3. The number of fused-ring (bicyclic) bond motifs is 1. The van der Waals surface area contributed by atoms with Gasteiger partial charge in [-0.1, -0.05) is 0 Å². The van der Waals surface area contributed by atoms with Gasteiger partial charge in [-0.15, -0.1) is 0 Å². The van der Waals surface area contributed by atoms with Crippen LogP contribution >= 0.6 is 15.9 Å². The highest BCUT2D eigenvalue weighted by atomic mass is 79.9. The Morgan fingerprint density at radius 2 is 2.00 bits per heavy atom. The van der Waals surface area contributed by atoms with E-state index >= 15 is 0 Å². The number of halogens is 1. The predicted octanol–water partition coefficient (Wildman–Crippen LogP) is 4.66. The first kappa shape index (κ1) is 16.5. The lowest BCUT2D eigenvalue weighted by Gasteiger charge is -2.20. The van der Waals surface area contributed by atoms with Crippen LogP contribution in [0.1, 0.15) is 26.3 Å². The van der Waals surface area contributed by atoms with E-state index in [0.717, 1.165) is 26.7 Å². The van der Waals surface area contributed by atoms with E-state index in [0.29, 0.717) is 5.69 Å². The van der Waals surface area contributed by atoms with Gasteiger partial charge in [0.2, 0.25) is 0 Å². The average molecular weight is 367 g/mol. The van der Waals surface area contributed by atoms with Crippen molar-refractivity contribution in [3.05, 3.63) is 28.4 Å². The zero-order valence-corrected chi connectivity index (χ0v) is 14.9. The summed E-state index contributed by atoms with van der Waals surface area (Å²) in [5.41, 5.74) is 1.84. The number of carbonyl (C=O) groups excluding carboxylic acids is 1. The fraction of sp³-hybridized carbons (Fsp3) is 0.375. The largest absolute Gasteiger partial charge is 0.497 e. The van der Waals surface area contributed by atoms with Crippen LogP contribution in [0.2, 0.25) is 0 Å². The van der Waals surface area contributed by atoms with Gasteiger partial charge in [-0.05, 0) is 61.3 Å². The van der Waals surface area contributed by atoms with Crippen molar-refractivity contribution < 1.29 is 14.3 Å². The molecular weight excluding hydrogens is 348 g/mol. The first-order chi connectivity index (χ1) is 10.2. The van der Waals surface area contributed by atoms with Gasteiger partial charge in [-0.25, -0.2) is 4.79 Å². The number of aromatic nitrogens is 1. The molecule has 0 saturated heterocycles. The summed E-state index contributed by atoms with van der Waals surface area (Å²) in [5.74, 6) is 0.738. The van der Waals surface area contributed by atoms with Crippen molar-refractivity contribution >= 4 is 38.6 Å². The van der Waals surface area contributed by atoms with Crippen molar-refractivity contribution in [2.45, 2.75) is 33.3 Å². The number of aryl methyl sites for hydroxylation is 1. The average Bonchev–Trinajstić information content (AvgIpc) is 2.40. The maximum atomic E-state index is 11.9. The molecule has 0 aliphatic carbocycles. The summed E-state index contributed by atoms with van der Waals surface area (Å²) < 4.78 is 11.3. The Morgan fingerprint density at radius 3 is 2.59 bits per heavy atom. The molecule has 22 heavy (non-hydrogen) atoms. The molecule has 1 aromatic carbocycles. The van der Waals surface area contributed by atoms with E-state index in [9.17, 15) is 4.79 Å². The normalized spacial score (nSPS) is 11.4. The van der Waals surface area contributed by atoms with E-state index < -0.39 is 11.7 Å². The highest BCUT2D eigenvalue weighted by Crippen LogP contribution is 2.34. The molecule has 1 amide bonds. The number of nitrogens with zero attached hydrogens (tertiary/aromatic N) is 1. The zero-order chi connectivity index (χ0) is 16.5. The number of amides is 1. The summed E-state index contributed by atoms with van der Waals surface area (Å²) in [5, 5.41) is 3.57. The minimum atomic E-state index is -0.555. The Morgan fingerprint density at radius 1 is 1.32 bits per heavy atom. The van der Waals surface area contributed by atoms with Gasteiger partial charge >= 0.3 is 6.09 Å². The molecule has 0 atom stereocenters. The third-order valence-corrected chi connectivity index (χ3v) is 3.80. The van der Waals surface area contributed by atoms with Crippen molar-refractivity contribution in [3.8, 4) is 5.75 Å². The molecule has 0 aliphatic rings. The minimum Gasteiger partial charge on any atom is -0.497 e. The summed E-state index contributed by atoms with van der Waals surface area (Å²) in [6.45, 7) is 7.41. The second-order valence-corrected chi connectivity index (χ2v) is 6.75. The quantitative estimate of drug-likeness (QED) is 0.839. The van der Waals surface area contributed by atoms with Gasteiger partial charge < -0.3 is 9.47 Å². The number of ether oxygens (including phenoxy) is 2. The smallest absolute Gasteiger partial charge is 0.412 e. The standard InChI is InChI=1S/C16H19BrN2O3/c1-9-6-10(21-5)7-11-13(17)12(8-18-14(9)11)19-15(20)22-16(2,3)4/h6-8H,1-5H3,(H,19,20). The molecular formula is C16H19BrN2O3. The van der Waals surface area contributed by atoms with E-state index in [4.69, 9.17) is 9.47 Å². The highest BCUT2D eigenvalue weighted by molar-refractivity contribution is 9.10. The molecule has 0 radical (unpaired) electrons. The van der Waals surface area contributed by atoms with Crippen molar-refractivity contribution in [3.63, 3.8) is 0 Å². The van der Waals surface area contributed by atoms with E-state index in [1.54, 1.807) is 13.3 Å². The minimum absolute atomic E-state index is 0.519. The lowest BCUT2D eigenvalue weighted by Crippen LogP contribution is -2.27. The Balaban J connectivity index is 2.40. The van der Waals surface area contributed by atoms with Crippen LogP contribution < -0.4 is 10.1 Å². The van der Waals surface area contributed by atoms with Gasteiger partial charge in [-0.3, -0.25) is 10.3 Å². The number of benzene rings is 1. The summed E-state index contributed by atoms with van der Waals surface area (Å²) in [6.07, 6.45) is 1.09. The number of rotatable bonds is 2. The predicted molar refractivity (Wildman–Crippen MR) is 90.6 cm³/mol. The second-order valence-electron chi connectivity index (χ2n) is 5.95. The van der Waals surface area contributed by atoms with Gasteiger partial charge in [0.1, 0.15) is 11.4 Å². The fourth-order valence-corrected chi connectivity index (χ4v) is 2.54. The number of methoxy groups -OCH3 is 1. The number of pyridine rings is 1. The van der Waals surface area contributed by atoms with Gasteiger partial charge in [0.25, 0.3) is 0 Å². The molecule has 2 rings (SSSR count). The van der Waals surface area contributed by atoms with Crippen LogP contribution in [0, 0.1) is 6.92 Å². The number of hydrogen-bond acceptors (Lipinski definition) is 4. The highest BCUT2D eigenvalue weighted by Gasteiger charge is 2.18. The van der Waals surface area contributed by atoms with Crippen LogP contribution in [-0.4, -0.2) is 23.8 Å². The van der Waals surface area contributed by atoms with Crippen molar-refractivity contribution in [1.82, 2.24) is 4.98 Å². The Bertz CT molecular complexity index is 723. The SMILES string of the molecule is COc1cc(C)c2ncc(NC(=O)OC(C)(C)C)c(Br)c2c1. The van der Waals surface area contributed by atoms with E-state index in [-0.39, 0.29) is 0 Å². The molecule has 0 fully saturated rings. The molecule has 0 aliphatic heterocycles. The first-order valence-electron chi connectivity index (χ1n) is 6.84. The molecule has 0 bridgehead atoms. The lowest BCUT2D eigenvalue weighted by atomic mass is 10.1. The van der Waals surface area contributed by atoms with Gasteiger partial charge in [0.15, 0.2) is 0 Å². The maximum Gasteiger partial charge on any atom is 0.412 e. The third kappa shape index (κ3) is 3.68. The van der Waals surface area contributed by atoms with E-state index in [1.165, 1.54) is 0 Å². The molecule has 6 heteroatoms. The molecule has 1 heterocycles. The summed E-state index contributed by atoms with van der Waals surface area (Å²) in [7, 11) is 1.62. The van der Waals surface area contributed by atoms with E-state index in [2.05, 4.69) is 26.2 Å². The number of anilines is 1. The molecule has 1 N–H and O–H groups in total. The second kappa shape index (κ2) is 6.12. The monoisotopic (exact) mass is 366 g/mol. The lowest BCUT2D eigenvalue weighted by molar-refractivity contribution is 0.0636. The molecule has 0 saturated carbocycles. The van der Waals surface area contributed by atoms with Gasteiger partial charge in [0, 0.05) is 5.39 Å². The maximum absolute atomic E-state index is 11.9. The fourth-order valence-electron chi connectivity index (χ4n) is 2.03. The zero-order valence-electron chi connectivity index (χ0n) is 13.3. The molecule has 5 nitrogen and oxygen atoms in total. The van der Waals surface area contributed by atoms with Crippen molar-refractivity contribution in [1.29, 1.82) is 0 Å². The van der Waals surface area contributed by atoms with Crippen LogP contribution in [0.5, 0.6) is 5.75 Å². The summed E-state index contributed by atoms with van der Waals surface area (Å²) in [6, 6.07) is 3.79. The Kier molecular flexibility index (Phi) is 4.60. The van der Waals surface area contributed by atoms with Crippen molar-refractivity contribution in [2.24, 2.45) is 0 Å². The van der Waals surface area contributed by atoms with Crippen LogP contribution in [0.15, 0.2) is 22.8 Å². The Hall–Kier alpha value is -1.82. The molecule has 1 aromatic heterocycles. The molecule has 0 spiro atoms. The third-order valence-electron chi connectivity index (χ3n) is 2.94. The summed E-state index contributed by atoms with van der Waals surface area (Å²) >= 11 is 3.52. The number of nitrogens with one attached hydrogen (secondary N) is 1. The van der Waals surface area contributed by atoms with Crippen LogP contribution in [-0.2, 0) is 4.74 Å². The van der Waals surface area contributed by atoms with Crippen LogP contribution in [0.3, 0.4) is 0 Å². The number of hydrogen-bond donors (Lipinski definition) is 1. The first-order valence-corrected chi connectivity index (χ1v) is 7.63. The molecule has 0 unspecified atom stereocenters. The van der Waals surface area contributed by atoms with Crippen LogP contribution in [0.25, 0.3) is 10.9 Å². The van der Waals surface area contributed by atoms with E-state index in [1.807, 2.05) is 39.8 Å². The molecule has 2 aromatic rings. The number of carbonyl (C=O) groups is 1. The van der Waals surface area contributed by atoms with Gasteiger partial charge in [0.05, 0.1) is 29.0 Å².